The standard InChI is InChI=1S/C16H18N6O2S/c1-10-12(14(23)20-11-6-17-8-18-7-11)13-15(25-10)19-9-22(16(13)24)5-4-21(2)3/h6-9H,4-5H2,1-3H3,(H,20,23). The van der Waals surface area contributed by atoms with Crippen molar-refractivity contribution in [2.24, 2.45) is 0 Å². The van der Waals surface area contributed by atoms with Crippen molar-refractivity contribution in [3.8, 4) is 0 Å². The summed E-state index contributed by atoms with van der Waals surface area (Å²) in [4.78, 5) is 40.9. The summed E-state index contributed by atoms with van der Waals surface area (Å²) in [6.45, 7) is 3.03. The Morgan fingerprint density at radius 1 is 1.32 bits per heavy atom. The third-order valence-electron chi connectivity index (χ3n) is 3.69. The summed E-state index contributed by atoms with van der Waals surface area (Å²) in [5.41, 5.74) is 0.634. The number of amides is 1. The lowest BCUT2D eigenvalue weighted by molar-refractivity contribution is 0.102. The molecule has 9 heteroatoms. The second-order valence-corrected chi connectivity index (χ2v) is 7.04. The number of carbonyl (C=O) groups excluding carboxylic acids is 1. The highest BCUT2D eigenvalue weighted by atomic mass is 32.1. The highest BCUT2D eigenvalue weighted by Gasteiger charge is 2.21. The Kier molecular flexibility index (Phi) is 4.86. The van der Waals surface area contributed by atoms with Crippen molar-refractivity contribution in [2.45, 2.75) is 13.5 Å². The minimum absolute atomic E-state index is 0.203. The van der Waals surface area contributed by atoms with E-state index >= 15 is 0 Å². The van der Waals surface area contributed by atoms with Gasteiger partial charge in [-0.1, -0.05) is 0 Å². The lowest BCUT2D eigenvalue weighted by atomic mass is 10.2. The maximum Gasteiger partial charge on any atom is 0.262 e. The zero-order chi connectivity index (χ0) is 18.0. The first-order chi connectivity index (χ1) is 12.0. The second kappa shape index (κ2) is 7.08. The van der Waals surface area contributed by atoms with Gasteiger partial charge in [0.1, 0.15) is 11.2 Å². The van der Waals surface area contributed by atoms with Crippen molar-refractivity contribution >= 4 is 33.1 Å². The van der Waals surface area contributed by atoms with E-state index in [1.165, 1.54) is 41.0 Å². The molecule has 0 aromatic carbocycles. The third kappa shape index (κ3) is 3.57. The Morgan fingerprint density at radius 3 is 2.72 bits per heavy atom. The van der Waals surface area contributed by atoms with Crippen LogP contribution < -0.4 is 10.9 Å². The molecule has 0 aliphatic carbocycles. The van der Waals surface area contributed by atoms with Crippen LogP contribution in [0.25, 0.3) is 10.2 Å². The van der Waals surface area contributed by atoms with Crippen molar-refractivity contribution in [1.82, 2.24) is 24.4 Å². The minimum atomic E-state index is -0.359. The van der Waals surface area contributed by atoms with E-state index in [0.717, 1.165) is 4.88 Å². The van der Waals surface area contributed by atoms with Crippen molar-refractivity contribution in [3.05, 3.63) is 45.8 Å². The van der Waals surface area contributed by atoms with E-state index in [2.05, 4.69) is 20.3 Å². The summed E-state index contributed by atoms with van der Waals surface area (Å²) >= 11 is 1.34. The van der Waals surface area contributed by atoms with Gasteiger partial charge in [0.25, 0.3) is 11.5 Å². The van der Waals surface area contributed by atoms with Gasteiger partial charge in [-0.2, -0.15) is 0 Å². The van der Waals surface area contributed by atoms with E-state index in [-0.39, 0.29) is 11.5 Å². The van der Waals surface area contributed by atoms with Crippen LogP contribution in [-0.4, -0.2) is 51.0 Å². The smallest absolute Gasteiger partial charge is 0.262 e. The molecule has 3 aromatic heterocycles. The Bertz CT molecular complexity index is 964. The Hall–Kier alpha value is -2.65. The molecule has 3 heterocycles. The predicted molar refractivity (Wildman–Crippen MR) is 97.2 cm³/mol. The number of likely N-dealkylation sites (N-methyl/N-ethyl adjacent to an activating group) is 1. The fraction of sp³-hybridized carbons (Fsp3) is 0.312. The van der Waals surface area contributed by atoms with Gasteiger partial charge in [-0.3, -0.25) is 14.2 Å². The van der Waals surface area contributed by atoms with Gasteiger partial charge in [-0.05, 0) is 21.0 Å². The molecule has 1 N–H and O–H groups in total. The van der Waals surface area contributed by atoms with Gasteiger partial charge in [0.2, 0.25) is 0 Å². The summed E-state index contributed by atoms with van der Waals surface area (Å²) < 4.78 is 1.54. The maximum absolute atomic E-state index is 12.8. The van der Waals surface area contributed by atoms with Crippen LogP contribution in [-0.2, 0) is 6.54 Å². The largest absolute Gasteiger partial charge is 0.319 e. The molecule has 3 rings (SSSR count). The monoisotopic (exact) mass is 358 g/mol. The van der Waals surface area contributed by atoms with E-state index in [1.54, 1.807) is 0 Å². The van der Waals surface area contributed by atoms with Crippen molar-refractivity contribution in [1.29, 1.82) is 0 Å². The average molecular weight is 358 g/mol. The molecule has 3 aromatic rings. The SMILES string of the molecule is Cc1sc2ncn(CCN(C)C)c(=O)c2c1C(=O)Nc1cncnc1. The average Bonchev–Trinajstić information content (AvgIpc) is 2.92. The number of anilines is 1. The topological polar surface area (TPSA) is 93.0 Å². The summed E-state index contributed by atoms with van der Waals surface area (Å²) in [5, 5.41) is 3.09. The number of hydrogen-bond donors (Lipinski definition) is 1. The summed E-state index contributed by atoms with van der Waals surface area (Å²) in [6, 6.07) is 0. The van der Waals surface area contributed by atoms with Gasteiger partial charge >= 0.3 is 0 Å². The number of carbonyl (C=O) groups is 1. The minimum Gasteiger partial charge on any atom is -0.319 e. The fourth-order valence-electron chi connectivity index (χ4n) is 2.44. The molecule has 0 spiro atoms. The zero-order valence-corrected chi connectivity index (χ0v) is 15.0. The fourth-order valence-corrected chi connectivity index (χ4v) is 3.41. The first kappa shape index (κ1) is 17.2. The van der Waals surface area contributed by atoms with E-state index in [9.17, 15) is 9.59 Å². The number of hydrogen-bond acceptors (Lipinski definition) is 7. The summed E-state index contributed by atoms with van der Waals surface area (Å²) in [6.07, 6.45) is 5.93. The molecule has 0 atom stereocenters. The van der Waals surface area contributed by atoms with E-state index in [0.29, 0.717) is 34.6 Å². The number of nitrogens with zero attached hydrogens (tertiary/aromatic N) is 5. The number of aryl methyl sites for hydroxylation is 1. The van der Waals surface area contributed by atoms with Gasteiger partial charge in [-0.15, -0.1) is 11.3 Å². The molecule has 0 saturated carbocycles. The van der Waals surface area contributed by atoms with Crippen LogP contribution in [0.2, 0.25) is 0 Å². The number of nitrogens with one attached hydrogen (secondary N) is 1. The van der Waals surface area contributed by atoms with E-state index < -0.39 is 0 Å². The lowest BCUT2D eigenvalue weighted by Gasteiger charge is -2.11. The predicted octanol–water partition coefficient (Wildman–Crippen LogP) is 1.37. The summed E-state index contributed by atoms with van der Waals surface area (Å²) in [5.74, 6) is -0.359. The van der Waals surface area contributed by atoms with Gasteiger partial charge in [-0.25, -0.2) is 15.0 Å². The van der Waals surface area contributed by atoms with Gasteiger partial charge in [0.15, 0.2) is 0 Å². The first-order valence-corrected chi connectivity index (χ1v) is 8.48. The molecule has 0 bridgehead atoms. The zero-order valence-electron chi connectivity index (χ0n) is 14.2. The molecule has 0 aliphatic heterocycles. The van der Waals surface area contributed by atoms with E-state index in [4.69, 9.17) is 0 Å². The lowest BCUT2D eigenvalue weighted by Crippen LogP contribution is -2.27. The van der Waals surface area contributed by atoms with Crippen molar-refractivity contribution in [2.75, 3.05) is 26.0 Å². The van der Waals surface area contributed by atoms with Crippen molar-refractivity contribution < 1.29 is 4.79 Å². The maximum atomic E-state index is 12.8. The quantitative estimate of drug-likeness (QED) is 0.740. The Balaban J connectivity index is 2.02. The molecule has 0 aliphatic rings. The highest BCUT2D eigenvalue weighted by Crippen LogP contribution is 2.27. The van der Waals surface area contributed by atoms with Crippen molar-refractivity contribution in [3.63, 3.8) is 0 Å². The number of aromatic nitrogens is 4. The van der Waals surface area contributed by atoms with Crippen LogP contribution in [0.1, 0.15) is 15.2 Å². The van der Waals surface area contributed by atoms with Crippen LogP contribution in [0.5, 0.6) is 0 Å². The van der Waals surface area contributed by atoms with Crippen LogP contribution in [0.4, 0.5) is 5.69 Å². The second-order valence-electron chi connectivity index (χ2n) is 5.84. The van der Waals surface area contributed by atoms with Gasteiger partial charge in [0.05, 0.1) is 35.4 Å². The summed E-state index contributed by atoms with van der Waals surface area (Å²) in [7, 11) is 3.87. The molecule has 8 nitrogen and oxygen atoms in total. The first-order valence-electron chi connectivity index (χ1n) is 7.67. The normalized spacial score (nSPS) is 11.2. The molecule has 130 valence electrons. The van der Waals surface area contributed by atoms with Crippen LogP contribution in [0, 0.1) is 6.92 Å². The number of thiophene rings is 1. The molecule has 0 fully saturated rings. The molecule has 0 unspecified atom stereocenters. The molecule has 1 amide bonds. The number of rotatable bonds is 5. The van der Waals surface area contributed by atoms with Crippen LogP contribution in [0.15, 0.2) is 29.8 Å². The van der Waals surface area contributed by atoms with Crippen LogP contribution >= 0.6 is 11.3 Å². The third-order valence-corrected chi connectivity index (χ3v) is 4.70. The molecule has 0 radical (unpaired) electrons. The Morgan fingerprint density at radius 2 is 2.04 bits per heavy atom. The van der Waals surface area contributed by atoms with Crippen LogP contribution in [0.3, 0.4) is 0 Å². The molecular formula is C16H18N6O2S. The van der Waals surface area contributed by atoms with Gasteiger partial charge in [0, 0.05) is 18.0 Å². The molecular weight excluding hydrogens is 340 g/mol. The van der Waals surface area contributed by atoms with Gasteiger partial charge < -0.3 is 10.2 Å². The highest BCUT2D eigenvalue weighted by molar-refractivity contribution is 7.19. The van der Waals surface area contributed by atoms with E-state index in [1.807, 2.05) is 25.9 Å². The number of fused-ring (bicyclic) bond motifs is 1. The molecule has 0 saturated heterocycles. The molecule has 25 heavy (non-hydrogen) atoms. The Labute approximate surface area is 148 Å².